The molecule has 0 aliphatic carbocycles. The lowest BCUT2D eigenvalue weighted by molar-refractivity contribution is -0.384. The molecule has 9 nitrogen and oxygen atoms in total. The summed E-state index contributed by atoms with van der Waals surface area (Å²) in [4.78, 5) is 44.7. The number of carbonyl (C=O) groups excluding carboxylic acids is 3. The van der Waals surface area contributed by atoms with Gasteiger partial charge in [0, 0.05) is 17.0 Å². The molecule has 3 amide bonds. The van der Waals surface area contributed by atoms with Gasteiger partial charge in [0.1, 0.15) is 11.8 Å². The predicted octanol–water partition coefficient (Wildman–Crippen LogP) is 2.01. The van der Waals surface area contributed by atoms with E-state index in [4.69, 9.17) is 0 Å². The quantitative estimate of drug-likeness (QED) is 0.305. The number of hydrogen-bond acceptors (Lipinski definition) is 7. The summed E-state index contributed by atoms with van der Waals surface area (Å²) in [5.41, 5.74) is -0.116. The maximum atomic E-state index is 11.9. The first-order chi connectivity index (χ1) is 12.5. The molecule has 0 heterocycles. The van der Waals surface area contributed by atoms with Crippen molar-refractivity contribution in [3.63, 3.8) is 0 Å². The van der Waals surface area contributed by atoms with Crippen LogP contribution in [0.25, 0.3) is 0 Å². The van der Waals surface area contributed by atoms with Crippen LogP contribution in [0.5, 0.6) is 0 Å². The van der Waals surface area contributed by atoms with Gasteiger partial charge in [0.15, 0.2) is 6.61 Å². The smallest absolute Gasteiger partial charge is 0.405 e. The van der Waals surface area contributed by atoms with E-state index in [0.717, 1.165) is 11.8 Å². The second-order valence-corrected chi connectivity index (χ2v) is 6.38. The summed E-state index contributed by atoms with van der Waals surface area (Å²) in [6.07, 6.45) is -4.63. The number of non-ortho nitro benzene ring substituents is 1. The number of ether oxygens (including phenoxy) is 1. The molecule has 1 rings (SSSR count). The second kappa shape index (κ2) is 9.75. The third kappa shape index (κ3) is 8.89. The minimum Gasteiger partial charge on any atom is -0.455 e. The topological polar surface area (TPSA) is 128 Å². The zero-order valence-electron chi connectivity index (χ0n) is 13.7. The van der Waals surface area contributed by atoms with Gasteiger partial charge in [-0.05, 0) is 19.1 Å². The van der Waals surface area contributed by atoms with Gasteiger partial charge in [-0.3, -0.25) is 25.0 Å². The van der Waals surface area contributed by atoms with Gasteiger partial charge in [0.25, 0.3) is 11.6 Å². The fourth-order valence-corrected chi connectivity index (χ4v) is 2.41. The summed E-state index contributed by atoms with van der Waals surface area (Å²) in [5, 5.41) is 12.8. The minimum atomic E-state index is -4.63. The first-order valence-corrected chi connectivity index (χ1v) is 8.08. The Kier molecular flexibility index (Phi) is 8.02. The normalized spacial score (nSPS) is 12.0. The molecular weight excluding hydrogens is 395 g/mol. The number of benzene rings is 1. The number of rotatable bonds is 7. The highest BCUT2D eigenvalue weighted by Gasteiger charge is 2.28. The van der Waals surface area contributed by atoms with Gasteiger partial charge in [-0.1, -0.05) is 0 Å². The lowest BCUT2D eigenvalue weighted by Gasteiger charge is -2.12. The van der Waals surface area contributed by atoms with Crippen molar-refractivity contribution in [3.8, 4) is 0 Å². The van der Waals surface area contributed by atoms with Crippen molar-refractivity contribution in [3.05, 3.63) is 34.4 Å². The van der Waals surface area contributed by atoms with Gasteiger partial charge in [0.05, 0.1) is 4.92 Å². The monoisotopic (exact) mass is 409 g/mol. The summed E-state index contributed by atoms with van der Waals surface area (Å²) in [6.45, 7) is -1.01. The Morgan fingerprint density at radius 1 is 1.26 bits per heavy atom. The van der Waals surface area contributed by atoms with Gasteiger partial charge in [0.2, 0.25) is 0 Å². The molecule has 0 aromatic heterocycles. The molecule has 13 heteroatoms. The SMILES string of the molecule is C[C@H](Sc1ccc([N+](=O)[O-])cc1)C(=O)OCC(=O)NC(=O)NCC(F)(F)F. The Bertz CT molecular complexity index is 711. The molecule has 0 radical (unpaired) electrons. The molecule has 0 saturated carbocycles. The minimum absolute atomic E-state index is 0.116. The fourth-order valence-electron chi connectivity index (χ4n) is 1.54. The van der Waals surface area contributed by atoms with Crippen LogP contribution >= 0.6 is 11.8 Å². The van der Waals surface area contributed by atoms with Gasteiger partial charge in [-0.15, -0.1) is 11.8 Å². The maximum absolute atomic E-state index is 11.9. The molecule has 0 aliphatic rings. The average molecular weight is 409 g/mol. The molecule has 0 fully saturated rings. The van der Waals surface area contributed by atoms with Crippen LogP contribution in [0.3, 0.4) is 0 Å². The van der Waals surface area contributed by atoms with Gasteiger partial charge >= 0.3 is 18.2 Å². The van der Waals surface area contributed by atoms with Crippen LogP contribution in [-0.2, 0) is 14.3 Å². The van der Waals surface area contributed by atoms with Gasteiger partial charge in [-0.25, -0.2) is 4.79 Å². The van der Waals surface area contributed by atoms with Gasteiger partial charge < -0.3 is 10.1 Å². The van der Waals surface area contributed by atoms with Crippen molar-refractivity contribution < 1.29 is 37.2 Å². The zero-order chi connectivity index (χ0) is 20.6. The number of nitrogens with zero attached hydrogens (tertiary/aromatic N) is 1. The number of thioether (sulfide) groups is 1. The van der Waals surface area contributed by atoms with Crippen LogP contribution in [0.1, 0.15) is 6.92 Å². The summed E-state index contributed by atoms with van der Waals surface area (Å²) in [6, 6.07) is 4.01. The molecule has 0 unspecified atom stereocenters. The summed E-state index contributed by atoms with van der Waals surface area (Å²) in [7, 11) is 0. The Morgan fingerprint density at radius 2 is 1.85 bits per heavy atom. The van der Waals surface area contributed by atoms with Crippen LogP contribution in [0, 0.1) is 10.1 Å². The largest absolute Gasteiger partial charge is 0.455 e. The first kappa shape index (κ1) is 22.2. The molecule has 2 N–H and O–H groups in total. The average Bonchev–Trinajstić information content (AvgIpc) is 2.57. The molecule has 1 aromatic carbocycles. The van der Waals surface area contributed by atoms with E-state index >= 15 is 0 Å². The Morgan fingerprint density at radius 3 is 2.37 bits per heavy atom. The van der Waals surface area contributed by atoms with Crippen LogP contribution in [0.2, 0.25) is 0 Å². The molecule has 0 spiro atoms. The van der Waals surface area contributed by atoms with E-state index in [1.807, 2.05) is 0 Å². The lowest BCUT2D eigenvalue weighted by atomic mass is 10.3. The van der Waals surface area contributed by atoms with Crippen LogP contribution < -0.4 is 10.6 Å². The standard InChI is InChI=1S/C14H14F3N3O6S/c1-8(27-10-4-2-9(3-5-10)20(24)25)12(22)26-6-11(21)19-13(23)18-7-14(15,16)17/h2-5,8H,6-7H2,1H3,(H2,18,19,21,23)/t8-/m0/s1. The van der Waals surface area contributed by atoms with Gasteiger partial charge in [-0.2, -0.15) is 13.2 Å². The van der Waals surface area contributed by atoms with E-state index in [2.05, 4.69) is 4.74 Å². The number of alkyl halides is 3. The molecular formula is C14H14F3N3O6S. The summed E-state index contributed by atoms with van der Waals surface area (Å²) < 4.78 is 40.4. The highest BCUT2D eigenvalue weighted by Crippen LogP contribution is 2.25. The fraction of sp³-hybridized carbons (Fsp3) is 0.357. The van der Waals surface area contributed by atoms with Crippen molar-refractivity contribution in [1.82, 2.24) is 10.6 Å². The number of halogens is 3. The molecule has 148 valence electrons. The number of nitro benzene ring substituents is 1. The zero-order valence-corrected chi connectivity index (χ0v) is 14.6. The highest BCUT2D eigenvalue weighted by molar-refractivity contribution is 8.00. The van der Waals surface area contributed by atoms with Crippen LogP contribution in [-0.4, -0.2) is 47.4 Å². The first-order valence-electron chi connectivity index (χ1n) is 7.20. The maximum Gasteiger partial charge on any atom is 0.405 e. The number of urea groups is 1. The lowest BCUT2D eigenvalue weighted by Crippen LogP contribution is -2.44. The molecule has 0 saturated heterocycles. The highest BCUT2D eigenvalue weighted by atomic mass is 32.2. The van der Waals surface area contributed by atoms with Crippen molar-refractivity contribution in [2.24, 2.45) is 0 Å². The predicted molar refractivity (Wildman–Crippen MR) is 87.0 cm³/mol. The van der Waals surface area contributed by atoms with E-state index in [-0.39, 0.29) is 5.69 Å². The number of nitro groups is 1. The van der Waals surface area contributed by atoms with E-state index in [1.165, 1.54) is 36.5 Å². The van der Waals surface area contributed by atoms with Crippen LogP contribution in [0.15, 0.2) is 29.2 Å². The van der Waals surface area contributed by atoms with E-state index in [0.29, 0.717) is 4.90 Å². The third-order valence-electron chi connectivity index (χ3n) is 2.74. The second-order valence-electron chi connectivity index (χ2n) is 4.96. The van der Waals surface area contributed by atoms with Crippen molar-refractivity contribution in [2.45, 2.75) is 23.2 Å². The molecule has 0 bridgehead atoms. The Balaban J connectivity index is 2.39. The van der Waals surface area contributed by atoms with Crippen molar-refractivity contribution in [2.75, 3.05) is 13.2 Å². The molecule has 1 aromatic rings. The number of imide groups is 1. The molecule has 27 heavy (non-hydrogen) atoms. The number of hydrogen-bond donors (Lipinski definition) is 2. The third-order valence-corrected chi connectivity index (χ3v) is 3.83. The number of nitrogens with one attached hydrogen (secondary N) is 2. The molecule has 1 atom stereocenters. The van der Waals surface area contributed by atoms with Crippen molar-refractivity contribution >= 4 is 35.4 Å². The Hall–Kier alpha value is -2.83. The summed E-state index contributed by atoms with van der Waals surface area (Å²) in [5.74, 6) is -1.92. The number of esters is 1. The number of amides is 3. The summed E-state index contributed by atoms with van der Waals surface area (Å²) >= 11 is 1.02. The van der Waals surface area contributed by atoms with E-state index < -0.39 is 47.4 Å². The van der Waals surface area contributed by atoms with Crippen molar-refractivity contribution in [1.29, 1.82) is 0 Å². The number of carbonyl (C=O) groups is 3. The van der Waals surface area contributed by atoms with E-state index in [1.54, 1.807) is 5.32 Å². The molecule has 0 aliphatic heterocycles. The van der Waals surface area contributed by atoms with E-state index in [9.17, 15) is 37.7 Å². The Labute approximate surface area is 154 Å². The van der Waals surface area contributed by atoms with Crippen LogP contribution in [0.4, 0.5) is 23.7 Å².